The second-order valence-electron chi connectivity index (χ2n) is 3.78. The van der Waals surface area contributed by atoms with Crippen LogP contribution in [0.4, 0.5) is 5.82 Å². The summed E-state index contributed by atoms with van der Waals surface area (Å²) < 4.78 is 1.81. The van der Waals surface area contributed by atoms with Gasteiger partial charge in [-0.1, -0.05) is 20.8 Å². The zero-order chi connectivity index (χ0) is 9.84. The van der Waals surface area contributed by atoms with Gasteiger partial charge in [-0.25, -0.2) is 0 Å². The predicted octanol–water partition coefficient (Wildman–Crippen LogP) is 2.27. The molecular weight excluding hydrogens is 162 g/mol. The quantitative estimate of drug-likeness (QED) is 0.772. The molecule has 1 rings (SSSR count). The number of hydrogen-bond acceptors (Lipinski definition) is 2. The van der Waals surface area contributed by atoms with Crippen LogP contribution in [0.3, 0.4) is 0 Å². The van der Waals surface area contributed by atoms with E-state index in [1.54, 1.807) is 0 Å². The molecular formula is C10H19N3. The highest BCUT2D eigenvalue weighted by molar-refractivity contribution is 5.33. The van der Waals surface area contributed by atoms with Crippen LogP contribution in [0.5, 0.6) is 0 Å². The van der Waals surface area contributed by atoms with E-state index < -0.39 is 0 Å². The first-order chi connectivity index (χ1) is 6.13. The number of hydrogen-bond donors (Lipinski definition) is 1. The molecule has 0 bridgehead atoms. The topological polar surface area (TPSA) is 29.9 Å². The van der Waals surface area contributed by atoms with E-state index in [9.17, 15) is 0 Å². The van der Waals surface area contributed by atoms with Crippen molar-refractivity contribution in [2.75, 3.05) is 5.32 Å². The minimum atomic E-state index is 0.523. The molecule has 0 fully saturated rings. The molecule has 0 aliphatic rings. The number of nitrogens with one attached hydrogen (secondary N) is 1. The van der Waals surface area contributed by atoms with Gasteiger partial charge in [0.1, 0.15) is 5.82 Å². The average molecular weight is 181 g/mol. The van der Waals surface area contributed by atoms with E-state index in [1.165, 1.54) is 0 Å². The molecule has 1 unspecified atom stereocenters. The molecule has 1 N–H and O–H groups in total. The maximum absolute atomic E-state index is 4.29. The van der Waals surface area contributed by atoms with Crippen LogP contribution in [0.2, 0.25) is 0 Å². The molecule has 3 heteroatoms. The van der Waals surface area contributed by atoms with Crippen molar-refractivity contribution in [3.63, 3.8) is 0 Å². The van der Waals surface area contributed by atoms with Crippen molar-refractivity contribution in [2.45, 2.75) is 33.2 Å². The standard InChI is InChI=1S/C10H19N3/c1-5-9(8(2)3)11-10-6-7-13(4)12-10/h6-9H,5H2,1-4H3,(H,11,12). The predicted molar refractivity (Wildman–Crippen MR) is 55.7 cm³/mol. The van der Waals surface area contributed by atoms with Crippen molar-refractivity contribution in [3.05, 3.63) is 12.3 Å². The summed E-state index contributed by atoms with van der Waals surface area (Å²) in [4.78, 5) is 0. The van der Waals surface area contributed by atoms with Gasteiger partial charge in [0.25, 0.3) is 0 Å². The number of aryl methyl sites for hydroxylation is 1. The fourth-order valence-electron chi connectivity index (χ4n) is 1.42. The lowest BCUT2D eigenvalue weighted by Crippen LogP contribution is -2.24. The van der Waals surface area contributed by atoms with Crippen LogP contribution >= 0.6 is 0 Å². The lowest BCUT2D eigenvalue weighted by atomic mass is 10.0. The van der Waals surface area contributed by atoms with Gasteiger partial charge in [0, 0.05) is 25.4 Å². The van der Waals surface area contributed by atoms with Crippen LogP contribution in [0.25, 0.3) is 0 Å². The third-order valence-electron chi connectivity index (χ3n) is 2.29. The largest absolute Gasteiger partial charge is 0.366 e. The van der Waals surface area contributed by atoms with Crippen LogP contribution in [-0.4, -0.2) is 15.8 Å². The summed E-state index contributed by atoms with van der Waals surface area (Å²) in [6.45, 7) is 6.65. The molecule has 0 spiro atoms. The van der Waals surface area contributed by atoms with Crippen LogP contribution in [0, 0.1) is 5.92 Å². The van der Waals surface area contributed by atoms with Crippen molar-refractivity contribution in [1.82, 2.24) is 9.78 Å². The van der Waals surface area contributed by atoms with Gasteiger partial charge in [-0.2, -0.15) is 5.10 Å². The SMILES string of the molecule is CCC(Nc1ccn(C)n1)C(C)C. The first kappa shape index (κ1) is 10.1. The Morgan fingerprint density at radius 3 is 2.62 bits per heavy atom. The van der Waals surface area contributed by atoms with Crippen molar-refractivity contribution >= 4 is 5.82 Å². The van der Waals surface area contributed by atoms with E-state index in [1.807, 2.05) is 24.0 Å². The third-order valence-corrected chi connectivity index (χ3v) is 2.29. The minimum Gasteiger partial charge on any atom is -0.366 e. The van der Waals surface area contributed by atoms with Crippen LogP contribution in [-0.2, 0) is 7.05 Å². The van der Waals surface area contributed by atoms with Crippen molar-refractivity contribution in [2.24, 2.45) is 13.0 Å². The van der Waals surface area contributed by atoms with Crippen molar-refractivity contribution < 1.29 is 0 Å². The van der Waals surface area contributed by atoms with E-state index in [0.717, 1.165) is 12.2 Å². The first-order valence-corrected chi connectivity index (χ1v) is 4.89. The molecule has 1 aromatic heterocycles. The Morgan fingerprint density at radius 2 is 2.23 bits per heavy atom. The summed E-state index contributed by atoms with van der Waals surface area (Å²) in [5.74, 6) is 1.62. The highest BCUT2D eigenvalue weighted by Gasteiger charge is 2.11. The Balaban J connectivity index is 2.56. The van der Waals surface area contributed by atoms with Crippen LogP contribution in [0.15, 0.2) is 12.3 Å². The summed E-state index contributed by atoms with van der Waals surface area (Å²) in [7, 11) is 1.93. The van der Waals surface area contributed by atoms with E-state index in [2.05, 4.69) is 31.2 Å². The van der Waals surface area contributed by atoms with Gasteiger partial charge in [0.05, 0.1) is 0 Å². The van der Waals surface area contributed by atoms with Gasteiger partial charge in [0.15, 0.2) is 0 Å². The first-order valence-electron chi connectivity index (χ1n) is 4.89. The van der Waals surface area contributed by atoms with E-state index in [-0.39, 0.29) is 0 Å². The van der Waals surface area contributed by atoms with Gasteiger partial charge in [-0.3, -0.25) is 4.68 Å². The van der Waals surface area contributed by atoms with Crippen molar-refractivity contribution in [3.8, 4) is 0 Å². The second kappa shape index (κ2) is 4.30. The third kappa shape index (κ3) is 2.76. The molecule has 3 nitrogen and oxygen atoms in total. The lowest BCUT2D eigenvalue weighted by molar-refractivity contribution is 0.509. The maximum Gasteiger partial charge on any atom is 0.148 e. The van der Waals surface area contributed by atoms with E-state index in [0.29, 0.717) is 12.0 Å². The fourth-order valence-corrected chi connectivity index (χ4v) is 1.42. The number of aromatic nitrogens is 2. The highest BCUT2D eigenvalue weighted by Crippen LogP contribution is 2.12. The second-order valence-corrected chi connectivity index (χ2v) is 3.78. The Labute approximate surface area is 80.1 Å². The Hall–Kier alpha value is -0.990. The summed E-state index contributed by atoms with van der Waals surface area (Å²) in [6, 6.07) is 2.53. The molecule has 0 saturated heterocycles. The highest BCUT2D eigenvalue weighted by atomic mass is 15.3. The van der Waals surface area contributed by atoms with Gasteiger partial charge in [-0.15, -0.1) is 0 Å². The molecule has 1 aromatic rings. The van der Waals surface area contributed by atoms with Gasteiger partial charge in [0.2, 0.25) is 0 Å². The van der Waals surface area contributed by atoms with Crippen LogP contribution in [0.1, 0.15) is 27.2 Å². The molecule has 0 amide bonds. The smallest absolute Gasteiger partial charge is 0.148 e. The molecule has 0 radical (unpaired) electrons. The summed E-state index contributed by atoms with van der Waals surface area (Å²) >= 11 is 0. The molecule has 0 aromatic carbocycles. The Kier molecular flexibility index (Phi) is 3.34. The summed E-state index contributed by atoms with van der Waals surface area (Å²) in [5.41, 5.74) is 0. The molecule has 1 heterocycles. The molecule has 0 aliphatic heterocycles. The summed E-state index contributed by atoms with van der Waals surface area (Å²) in [6.07, 6.45) is 3.09. The Bertz CT molecular complexity index is 252. The zero-order valence-electron chi connectivity index (χ0n) is 8.91. The summed E-state index contributed by atoms with van der Waals surface area (Å²) in [5, 5.41) is 7.70. The lowest BCUT2D eigenvalue weighted by Gasteiger charge is -2.20. The number of nitrogens with zero attached hydrogens (tertiary/aromatic N) is 2. The van der Waals surface area contributed by atoms with E-state index >= 15 is 0 Å². The number of rotatable bonds is 4. The molecule has 0 saturated carbocycles. The van der Waals surface area contributed by atoms with Crippen LogP contribution < -0.4 is 5.32 Å². The molecule has 13 heavy (non-hydrogen) atoms. The average Bonchev–Trinajstić information content (AvgIpc) is 2.46. The molecule has 1 atom stereocenters. The minimum absolute atomic E-state index is 0.523. The van der Waals surface area contributed by atoms with Gasteiger partial charge in [-0.05, 0) is 12.3 Å². The molecule has 74 valence electrons. The fraction of sp³-hybridized carbons (Fsp3) is 0.700. The normalized spacial score (nSPS) is 13.3. The number of anilines is 1. The maximum atomic E-state index is 4.29. The zero-order valence-corrected chi connectivity index (χ0v) is 8.91. The Morgan fingerprint density at radius 1 is 1.54 bits per heavy atom. The van der Waals surface area contributed by atoms with Gasteiger partial charge < -0.3 is 5.32 Å². The molecule has 0 aliphatic carbocycles. The van der Waals surface area contributed by atoms with E-state index in [4.69, 9.17) is 0 Å². The van der Waals surface area contributed by atoms with Gasteiger partial charge >= 0.3 is 0 Å². The monoisotopic (exact) mass is 181 g/mol. The van der Waals surface area contributed by atoms with Crippen molar-refractivity contribution in [1.29, 1.82) is 0 Å².